The van der Waals surface area contributed by atoms with E-state index in [2.05, 4.69) is 114 Å². The Morgan fingerprint density at radius 3 is 1.73 bits per heavy atom. The minimum absolute atomic E-state index is 0.101. The summed E-state index contributed by atoms with van der Waals surface area (Å²) in [6.45, 7) is 23.1. The van der Waals surface area contributed by atoms with Crippen LogP contribution < -0.4 is 10.1 Å². The van der Waals surface area contributed by atoms with Gasteiger partial charge >= 0.3 is 11.9 Å². The van der Waals surface area contributed by atoms with Gasteiger partial charge < -0.3 is 30.3 Å². The number of nitrogens with zero attached hydrogens (tertiary/aromatic N) is 1. The van der Waals surface area contributed by atoms with E-state index in [0.29, 0.717) is 18.7 Å². The molecule has 0 saturated heterocycles. The fourth-order valence-electron chi connectivity index (χ4n) is 4.95. The lowest BCUT2D eigenvalue weighted by Gasteiger charge is -2.31. The third kappa shape index (κ3) is 18.2. The molecule has 0 fully saturated rings. The molecule has 0 amide bonds. The number of hydrogen-bond donors (Lipinski definition) is 4. The van der Waals surface area contributed by atoms with Crippen LogP contribution in [0.5, 0.6) is 5.75 Å². The SMILES string of the molecule is CCCCN(CCCC)CCCNCC(O)COc1c(C(C)(C)C)cc(/C=C/c2ccccc2)cc1C(C)(C)C.O=C(O)/C=C\C(=O)O. The third-order valence-corrected chi connectivity index (χ3v) is 7.65. The molecule has 0 heterocycles. The van der Waals surface area contributed by atoms with E-state index in [-0.39, 0.29) is 17.4 Å². The number of aliphatic hydroxyl groups is 1. The van der Waals surface area contributed by atoms with E-state index in [9.17, 15) is 14.7 Å². The smallest absolute Gasteiger partial charge is 0.328 e. The highest BCUT2D eigenvalue weighted by molar-refractivity contribution is 5.89. The largest absolute Gasteiger partial charge is 0.490 e. The van der Waals surface area contributed by atoms with E-state index in [1.165, 1.54) is 61.0 Å². The highest BCUT2D eigenvalue weighted by atomic mass is 16.5. The molecule has 1 unspecified atom stereocenters. The van der Waals surface area contributed by atoms with Crippen LogP contribution in [-0.4, -0.2) is 77.6 Å². The van der Waals surface area contributed by atoms with Crippen LogP contribution in [0.25, 0.3) is 12.2 Å². The molecule has 8 heteroatoms. The Balaban J connectivity index is 0.00000127. The molecule has 8 nitrogen and oxygen atoms in total. The molecule has 0 bridgehead atoms. The van der Waals surface area contributed by atoms with Crippen molar-refractivity contribution in [3.63, 3.8) is 0 Å². The molecule has 2 aromatic carbocycles. The molecule has 0 aliphatic heterocycles. The molecule has 1 atom stereocenters. The third-order valence-electron chi connectivity index (χ3n) is 7.65. The van der Waals surface area contributed by atoms with Crippen molar-refractivity contribution in [2.75, 3.05) is 39.3 Å². The Bertz CT molecular complexity index is 1220. The number of rotatable bonds is 19. The number of aliphatic carboxylic acids is 2. The van der Waals surface area contributed by atoms with E-state index in [1.807, 2.05) is 6.07 Å². The molecule has 48 heavy (non-hydrogen) atoms. The van der Waals surface area contributed by atoms with Gasteiger partial charge in [-0.1, -0.05) is 111 Å². The topological polar surface area (TPSA) is 119 Å². The van der Waals surface area contributed by atoms with Crippen LogP contribution in [0.1, 0.15) is 110 Å². The molecule has 268 valence electrons. The molecular weight excluding hydrogens is 604 g/mol. The van der Waals surface area contributed by atoms with Crippen molar-refractivity contribution in [1.29, 1.82) is 0 Å². The predicted octanol–water partition coefficient (Wildman–Crippen LogP) is 7.79. The van der Waals surface area contributed by atoms with Crippen molar-refractivity contribution in [3.05, 3.63) is 76.9 Å². The summed E-state index contributed by atoms with van der Waals surface area (Å²) >= 11 is 0. The molecule has 0 spiro atoms. The van der Waals surface area contributed by atoms with Gasteiger partial charge in [-0.3, -0.25) is 0 Å². The number of ether oxygens (including phenoxy) is 1. The van der Waals surface area contributed by atoms with Crippen LogP contribution in [0, 0.1) is 0 Å². The number of benzene rings is 2. The summed E-state index contributed by atoms with van der Waals surface area (Å²) in [7, 11) is 0. The number of nitrogens with one attached hydrogen (secondary N) is 1. The second kappa shape index (κ2) is 22.2. The minimum Gasteiger partial charge on any atom is -0.490 e. The average molecular weight is 667 g/mol. The first-order valence-electron chi connectivity index (χ1n) is 17.4. The second-order valence-electron chi connectivity index (χ2n) is 14.3. The normalized spacial score (nSPS) is 12.7. The highest BCUT2D eigenvalue weighted by Gasteiger charge is 2.28. The molecule has 0 aliphatic carbocycles. The van der Waals surface area contributed by atoms with Gasteiger partial charge in [0.2, 0.25) is 0 Å². The van der Waals surface area contributed by atoms with Crippen LogP contribution in [0.4, 0.5) is 0 Å². The number of carboxylic acids is 2. The summed E-state index contributed by atoms with van der Waals surface area (Å²) in [6.07, 6.45) is 11.0. The number of unbranched alkanes of at least 4 members (excludes halogenated alkanes) is 2. The van der Waals surface area contributed by atoms with Crippen molar-refractivity contribution < 1.29 is 29.6 Å². The summed E-state index contributed by atoms with van der Waals surface area (Å²) < 4.78 is 6.46. The summed E-state index contributed by atoms with van der Waals surface area (Å²) in [5.74, 6) is -1.60. The van der Waals surface area contributed by atoms with Crippen molar-refractivity contribution in [3.8, 4) is 5.75 Å². The van der Waals surface area contributed by atoms with Crippen LogP contribution in [0.15, 0.2) is 54.6 Å². The van der Waals surface area contributed by atoms with Gasteiger partial charge in [0.05, 0.1) is 0 Å². The van der Waals surface area contributed by atoms with Gasteiger partial charge in [0.15, 0.2) is 0 Å². The minimum atomic E-state index is -1.26. The Morgan fingerprint density at radius 1 is 0.792 bits per heavy atom. The average Bonchev–Trinajstić information content (AvgIpc) is 3.02. The number of aliphatic hydroxyl groups excluding tert-OH is 1. The van der Waals surface area contributed by atoms with Crippen molar-refractivity contribution >= 4 is 24.1 Å². The lowest BCUT2D eigenvalue weighted by molar-refractivity contribution is -0.134. The summed E-state index contributed by atoms with van der Waals surface area (Å²) in [5, 5.41) is 29.9. The predicted molar refractivity (Wildman–Crippen MR) is 199 cm³/mol. The molecule has 2 rings (SSSR count). The first-order chi connectivity index (χ1) is 22.6. The highest BCUT2D eigenvalue weighted by Crippen LogP contribution is 2.41. The van der Waals surface area contributed by atoms with Gasteiger partial charge in [-0.2, -0.15) is 0 Å². The van der Waals surface area contributed by atoms with E-state index in [1.54, 1.807) is 0 Å². The van der Waals surface area contributed by atoms with Gasteiger partial charge in [0.1, 0.15) is 18.5 Å². The second-order valence-corrected chi connectivity index (χ2v) is 14.3. The first kappa shape index (κ1) is 42.6. The van der Waals surface area contributed by atoms with Crippen LogP contribution in [0.3, 0.4) is 0 Å². The van der Waals surface area contributed by atoms with Crippen LogP contribution >= 0.6 is 0 Å². The fraction of sp³-hybridized carbons (Fsp3) is 0.550. The monoisotopic (exact) mass is 666 g/mol. The maximum Gasteiger partial charge on any atom is 0.328 e. The molecule has 2 aromatic rings. The summed E-state index contributed by atoms with van der Waals surface area (Å²) in [4.78, 5) is 21.7. The quantitative estimate of drug-likeness (QED) is 0.0682. The standard InChI is InChI=1S/C36H58N2O2.C4H4O4/c1-9-11-22-38(23-12-10-2)24-16-21-37-27-31(39)28-40-34-32(35(3,4)5)25-30(26-33(34)36(6,7)8)20-19-29-17-14-13-15-18-29;5-3(6)1-2-4(7)8/h13-15,17-20,25-26,31,37,39H,9-12,16,21-24,27-28H2,1-8H3;1-2H,(H,5,6)(H,7,8)/b20-19+;2-1-. The van der Waals surface area contributed by atoms with E-state index >= 15 is 0 Å². The van der Waals surface area contributed by atoms with E-state index < -0.39 is 18.0 Å². The Kier molecular flexibility index (Phi) is 19.7. The summed E-state index contributed by atoms with van der Waals surface area (Å²) in [6, 6.07) is 14.9. The van der Waals surface area contributed by atoms with Crippen molar-refractivity contribution in [1.82, 2.24) is 10.2 Å². The van der Waals surface area contributed by atoms with Gasteiger partial charge in [0.25, 0.3) is 0 Å². The van der Waals surface area contributed by atoms with Crippen LogP contribution in [-0.2, 0) is 20.4 Å². The lowest BCUT2D eigenvalue weighted by atomic mass is 9.78. The Labute approximate surface area is 289 Å². The number of carbonyl (C=O) groups is 2. The molecule has 0 saturated carbocycles. The van der Waals surface area contributed by atoms with Gasteiger partial charge in [0, 0.05) is 29.8 Å². The zero-order valence-corrected chi connectivity index (χ0v) is 30.7. The molecule has 0 aliphatic rings. The molecule has 0 aromatic heterocycles. The van der Waals surface area contributed by atoms with E-state index in [4.69, 9.17) is 14.9 Å². The Hall–Kier alpha value is -3.46. The van der Waals surface area contributed by atoms with Crippen molar-refractivity contribution in [2.24, 2.45) is 0 Å². The van der Waals surface area contributed by atoms with Gasteiger partial charge in [-0.15, -0.1) is 0 Å². The van der Waals surface area contributed by atoms with Crippen molar-refractivity contribution in [2.45, 2.75) is 104 Å². The van der Waals surface area contributed by atoms with Crippen LogP contribution in [0.2, 0.25) is 0 Å². The zero-order valence-electron chi connectivity index (χ0n) is 30.7. The number of hydrogen-bond acceptors (Lipinski definition) is 6. The lowest BCUT2D eigenvalue weighted by Crippen LogP contribution is -2.34. The van der Waals surface area contributed by atoms with Gasteiger partial charge in [-0.05, 0) is 79.5 Å². The first-order valence-corrected chi connectivity index (χ1v) is 17.4. The fourth-order valence-corrected chi connectivity index (χ4v) is 4.95. The summed E-state index contributed by atoms with van der Waals surface area (Å²) in [5.41, 5.74) is 4.49. The Morgan fingerprint density at radius 2 is 1.27 bits per heavy atom. The molecule has 4 N–H and O–H groups in total. The molecular formula is C40H62N2O6. The van der Waals surface area contributed by atoms with E-state index in [0.717, 1.165) is 25.3 Å². The number of carboxylic acid groups (broad SMARTS) is 2. The maximum atomic E-state index is 10.8. The van der Waals surface area contributed by atoms with Gasteiger partial charge in [-0.25, -0.2) is 9.59 Å². The molecule has 0 radical (unpaired) electrons. The maximum absolute atomic E-state index is 10.8. The zero-order chi connectivity index (χ0) is 36.2.